The smallest absolute Gasteiger partial charge is 0.285 e. The highest BCUT2D eigenvalue weighted by molar-refractivity contribution is 7.89. The molecule has 0 aliphatic rings. The second-order valence-electron chi connectivity index (χ2n) is 4.49. The number of hydrogen-bond acceptors (Lipinski definition) is 5. The number of aromatic amines is 1. The van der Waals surface area contributed by atoms with Crippen molar-refractivity contribution in [1.29, 1.82) is 0 Å². The van der Waals surface area contributed by atoms with Crippen molar-refractivity contribution >= 4 is 15.9 Å². The van der Waals surface area contributed by atoms with Gasteiger partial charge >= 0.3 is 0 Å². The molecule has 7 nitrogen and oxygen atoms in total. The average molecular weight is 309 g/mol. The largest absolute Gasteiger partial charge is 0.497 e. The van der Waals surface area contributed by atoms with Crippen LogP contribution in [0.4, 0.5) is 0 Å². The predicted molar refractivity (Wildman–Crippen MR) is 77.6 cm³/mol. The number of H-pyrrole nitrogens is 1. The Kier molecular flexibility index (Phi) is 3.99. The number of carbonyl (C=O) groups is 1. The quantitative estimate of drug-likeness (QED) is 0.880. The van der Waals surface area contributed by atoms with Crippen LogP contribution in [0.2, 0.25) is 0 Å². The van der Waals surface area contributed by atoms with Gasteiger partial charge in [0.2, 0.25) is 10.0 Å². The van der Waals surface area contributed by atoms with Crippen LogP contribution in [0.15, 0.2) is 24.3 Å². The normalized spacial score (nSPS) is 11.2. The Labute approximate surface area is 122 Å². The number of hydrogen-bond donors (Lipinski definition) is 2. The van der Waals surface area contributed by atoms with Crippen molar-refractivity contribution in [3.63, 3.8) is 0 Å². The second kappa shape index (κ2) is 5.57. The van der Waals surface area contributed by atoms with E-state index in [0.29, 0.717) is 17.3 Å². The topological polar surface area (TPSA) is 101 Å². The van der Waals surface area contributed by atoms with E-state index in [1.54, 1.807) is 38.3 Å². The van der Waals surface area contributed by atoms with Gasteiger partial charge in [0.25, 0.3) is 5.91 Å². The summed E-state index contributed by atoms with van der Waals surface area (Å²) in [4.78, 5) is 19.0. The third-order valence-corrected chi connectivity index (χ3v) is 3.28. The molecule has 0 saturated carbocycles. The van der Waals surface area contributed by atoms with E-state index >= 15 is 0 Å². The van der Waals surface area contributed by atoms with Gasteiger partial charge in [0.05, 0.1) is 13.4 Å². The highest BCUT2D eigenvalue weighted by Crippen LogP contribution is 2.22. The summed E-state index contributed by atoms with van der Waals surface area (Å²) < 4.78 is 29.2. The zero-order chi connectivity index (χ0) is 15.6. The van der Waals surface area contributed by atoms with Crippen LogP contribution in [0.1, 0.15) is 16.2 Å². The van der Waals surface area contributed by atoms with Crippen LogP contribution in [0.25, 0.3) is 11.4 Å². The molecule has 2 rings (SSSR count). The standard InChI is InChI=1S/C13H15N3O4S/c1-8-11(13(17)16-21(3,18)19)15-12(14-8)9-5-4-6-10(7-9)20-2/h4-7H,1-3H3,(H,14,15)(H,16,17). The summed E-state index contributed by atoms with van der Waals surface area (Å²) in [5, 5.41) is 0. The number of ether oxygens (including phenoxy) is 1. The number of imidazole rings is 1. The van der Waals surface area contributed by atoms with E-state index in [4.69, 9.17) is 4.74 Å². The molecule has 1 amide bonds. The number of aryl methyl sites for hydroxylation is 1. The Balaban J connectivity index is 2.36. The predicted octanol–water partition coefficient (Wildman–Crippen LogP) is 1.08. The fourth-order valence-electron chi connectivity index (χ4n) is 1.81. The number of benzene rings is 1. The van der Waals surface area contributed by atoms with E-state index in [2.05, 4.69) is 9.97 Å². The average Bonchev–Trinajstić information content (AvgIpc) is 2.79. The minimum atomic E-state index is -3.63. The van der Waals surface area contributed by atoms with Crippen molar-refractivity contribution < 1.29 is 17.9 Å². The van der Waals surface area contributed by atoms with Crippen LogP contribution in [-0.4, -0.2) is 37.7 Å². The number of nitrogens with one attached hydrogen (secondary N) is 2. The maximum absolute atomic E-state index is 11.9. The first kappa shape index (κ1) is 15.0. The minimum Gasteiger partial charge on any atom is -0.497 e. The molecule has 0 saturated heterocycles. The lowest BCUT2D eigenvalue weighted by atomic mass is 10.2. The highest BCUT2D eigenvalue weighted by Gasteiger charge is 2.18. The molecule has 0 unspecified atom stereocenters. The molecule has 0 bridgehead atoms. The van der Waals surface area contributed by atoms with Crippen LogP contribution >= 0.6 is 0 Å². The summed E-state index contributed by atoms with van der Waals surface area (Å²) in [7, 11) is -2.07. The van der Waals surface area contributed by atoms with Crippen LogP contribution in [0.3, 0.4) is 0 Å². The molecule has 0 spiro atoms. The molecule has 8 heteroatoms. The molecule has 2 N–H and O–H groups in total. The van der Waals surface area contributed by atoms with Crippen molar-refractivity contribution in [2.45, 2.75) is 6.92 Å². The first-order valence-corrected chi connectivity index (χ1v) is 7.92. The van der Waals surface area contributed by atoms with Gasteiger partial charge in [0, 0.05) is 11.3 Å². The molecule has 21 heavy (non-hydrogen) atoms. The van der Waals surface area contributed by atoms with E-state index < -0.39 is 15.9 Å². The number of rotatable bonds is 4. The Bertz CT molecular complexity index is 780. The summed E-state index contributed by atoms with van der Waals surface area (Å²) in [5.74, 6) is 0.356. The van der Waals surface area contributed by atoms with Crippen molar-refractivity contribution in [1.82, 2.24) is 14.7 Å². The summed E-state index contributed by atoms with van der Waals surface area (Å²) in [6.07, 6.45) is 0.913. The molecule has 1 aromatic heterocycles. The third kappa shape index (κ3) is 3.60. The van der Waals surface area contributed by atoms with Crippen LogP contribution in [0.5, 0.6) is 5.75 Å². The first-order chi connectivity index (χ1) is 9.80. The monoisotopic (exact) mass is 309 g/mol. The lowest BCUT2D eigenvalue weighted by Gasteiger charge is -2.01. The number of amides is 1. The molecular weight excluding hydrogens is 294 g/mol. The first-order valence-electron chi connectivity index (χ1n) is 6.03. The molecule has 0 fully saturated rings. The van der Waals surface area contributed by atoms with Gasteiger partial charge in [-0.25, -0.2) is 18.1 Å². The van der Waals surface area contributed by atoms with Crippen LogP contribution < -0.4 is 9.46 Å². The number of carbonyl (C=O) groups excluding carboxylic acids is 1. The Morgan fingerprint density at radius 2 is 2.10 bits per heavy atom. The number of aromatic nitrogens is 2. The van der Waals surface area contributed by atoms with E-state index in [0.717, 1.165) is 11.8 Å². The van der Waals surface area contributed by atoms with Gasteiger partial charge in [0.15, 0.2) is 5.69 Å². The fourth-order valence-corrected chi connectivity index (χ4v) is 2.24. The van der Waals surface area contributed by atoms with Crippen molar-refractivity contribution in [3.05, 3.63) is 35.7 Å². The summed E-state index contributed by atoms with van der Waals surface area (Å²) in [6, 6.07) is 7.15. The summed E-state index contributed by atoms with van der Waals surface area (Å²) in [6.45, 7) is 1.65. The van der Waals surface area contributed by atoms with Gasteiger partial charge in [-0.15, -0.1) is 0 Å². The number of methoxy groups -OCH3 is 1. The lowest BCUT2D eigenvalue weighted by molar-refractivity contribution is 0.0977. The zero-order valence-electron chi connectivity index (χ0n) is 11.8. The van der Waals surface area contributed by atoms with Gasteiger partial charge in [-0.2, -0.15) is 0 Å². The summed E-state index contributed by atoms with van der Waals surface area (Å²) in [5.41, 5.74) is 1.25. The van der Waals surface area contributed by atoms with Crippen molar-refractivity contribution in [2.24, 2.45) is 0 Å². The molecule has 112 valence electrons. The molecule has 0 aliphatic carbocycles. The van der Waals surface area contributed by atoms with Crippen molar-refractivity contribution in [3.8, 4) is 17.1 Å². The zero-order valence-corrected chi connectivity index (χ0v) is 12.6. The minimum absolute atomic E-state index is 0.0400. The van der Waals surface area contributed by atoms with E-state index in [1.807, 2.05) is 4.72 Å². The molecule has 1 aromatic carbocycles. The van der Waals surface area contributed by atoms with Gasteiger partial charge in [0.1, 0.15) is 11.6 Å². The van der Waals surface area contributed by atoms with Gasteiger partial charge in [-0.3, -0.25) is 4.79 Å². The van der Waals surface area contributed by atoms with Gasteiger partial charge in [-0.1, -0.05) is 12.1 Å². The molecular formula is C13H15N3O4S. The molecule has 2 aromatic rings. The Morgan fingerprint density at radius 1 is 1.38 bits per heavy atom. The van der Waals surface area contributed by atoms with E-state index in [9.17, 15) is 13.2 Å². The Morgan fingerprint density at radius 3 is 2.71 bits per heavy atom. The Hall–Kier alpha value is -2.35. The lowest BCUT2D eigenvalue weighted by Crippen LogP contribution is -2.30. The fraction of sp³-hybridized carbons (Fsp3) is 0.231. The SMILES string of the molecule is COc1cccc(-c2nc(C(=O)NS(C)(=O)=O)c(C)[nH]2)c1. The van der Waals surface area contributed by atoms with Crippen LogP contribution in [0, 0.1) is 6.92 Å². The number of sulfonamides is 1. The van der Waals surface area contributed by atoms with Gasteiger partial charge < -0.3 is 9.72 Å². The summed E-state index contributed by atoms with van der Waals surface area (Å²) >= 11 is 0. The number of nitrogens with zero attached hydrogens (tertiary/aromatic N) is 1. The van der Waals surface area contributed by atoms with E-state index in [-0.39, 0.29) is 5.69 Å². The van der Waals surface area contributed by atoms with E-state index in [1.165, 1.54) is 0 Å². The molecule has 1 heterocycles. The van der Waals surface area contributed by atoms with Crippen molar-refractivity contribution in [2.75, 3.05) is 13.4 Å². The third-order valence-electron chi connectivity index (χ3n) is 2.72. The molecule has 0 aliphatic heterocycles. The maximum atomic E-state index is 11.9. The highest BCUT2D eigenvalue weighted by atomic mass is 32.2. The second-order valence-corrected chi connectivity index (χ2v) is 6.24. The van der Waals surface area contributed by atoms with Gasteiger partial charge in [-0.05, 0) is 19.1 Å². The van der Waals surface area contributed by atoms with Crippen LogP contribution in [-0.2, 0) is 10.0 Å². The maximum Gasteiger partial charge on any atom is 0.285 e. The molecule has 0 atom stereocenters. The molecule has 0 radical (unpaired) electrons.